The summed E-state index contributed by atoms with van der Waals surface area (Å²) in [6.45, 7) is 0. The van der Waals surface area contributed by atoms with Gasteiger partial charge >= 0.3 is 12.1 Å². The lowest BCUT2D eigenvalue weighted by molar-refractivity contribution is -0.140. The van der Waals surface area contributed by atoms with Gasteiger partial charge in [0.05, 0.1) is 11.1 Å². The number of hydrogen-bond donors (Lipinski definition) is 0. The van der Waals surface area contributed by atoms with E-state index in [-0.39, 0.29) is 11.3 Å². The molecule has 32 heavy (non-hydrogen) atoms. The molecule has 0 atom stereocenters. The zero-order valence-corrected chi connectivity index (χ0v) is 17.4. The van der Waals surface area contributed by atoms with Gasteiger partial charge in [0.2, 0.25) is 0 Å². The lowest BCUT2D eigenvalue weighted by Gasteiger charge is -2.39. The smallest absolute Gasteiger partial charge is 0.419 e. The molecule has 0 heterocycles. The van der Waals surface area contributed by atoms with Crippen molar-refractivity contribution < 1.29 is 27.4 Å². The highest BCUT2D eigenvalue weighted by Crippen LogP contribution is 2.45. The minimum Gasteiger partial charge on any atom is -0.482 e. The van der Waals surface area contributed by atoms with Crippen LogP contribution < -0.4 is 9.47 Å². The van der Waals surface area contributed by atoms with Gasteiger partial charge in [-0.25, -0.2) is 4.79 Å². The molecule has 3 aromatic rings. The fourth-order valence-electron chi connectivity index (χ4n) is 4.15. The van der Waals surface area contributed by atoms with Gasteiger partial charge in [-0.2, -0.15) is 13.2 Å². The quantitative estimate of drug-likeness (QED) is 0.312. The van der Waals surface area contributed by atoms with E-state index in [1.165, 1.54) is 0 Å². The monoisotopic (exact) mass is 440 g/mol. The van der Waals surface area contributed by atoms with Crippen LogP contribution in [0.25, 0.3) is 0 Å². The second kappa shape index (κ2) is 9.07. The minimum absolute atomic E-state index is 0.00382. The summed E-state index contributed by atoms with van der Waals surface area (Å²) in [6, 6.07) is 20.9. The van der Waals surface area contributed by atoms with Crippen molar-refractivity contribution in [1.29, 1.82) is 0 Å². The number of hydrogen-bond acceptors (Lipinski definition) is 3. The number of benzene rings is 3. The van der Waals surface area contributed by atoms with E-state index < -0.39 is 23.3 Å². The maximum atomic E-state index is 13.8. The van der Waals surface area contributed by atoms with Crippen LogP contribution >= 0.6 is 0 Å². The van der Waals surface area contributed by atoms with Crippen molar-refractivity contribution in [3.63, 3.8) is 0 Å². The van der Waals surface area contributed by atoms with Gasteiger partial charge in [0.25, 0.3) is 0 Å². The molecule has 3 nitrogen and oxygen atoms in total. The molecule has 0 spiro atoms. The van der Waals surface area contributed by atoms with Gasteiger partial charge in [0.15, 0.2) is 0 Å². The standard InChI is InChI=1S/C26H23F3O3/c27-26(28,29)22-15-14-19(24(30)31-21-12-6-2-7-13-21)18-23(22)32-25(16-8-3-9-17-25)20-10-4-1-5-11-20/h1-2,4-7,10-15,18H,3,8-9,16-17H2. The normalized spacial score (nSPS) is 15.7. The summed E-state index contributed by atoms with van der Waals surface area (Å²) in [7, 11) is 0. The van der Waals surface area contributed by atoms with Crippen LogP contribution in [0.1, 0.15) is 53.6 Å². The van der Waals surface area contributed by atoms with Gasteiger partial charge in [-0.15, -0.1) is 0 Å². The van der Waals surface area contributed by atoms with Crippen LogP contribution in [0.4, 0.5) is 13.2 Å². The van der Waals surface area contributed by atoms with E-state index in [1.54, 1.807) is 30.3 Å². The van der Waals surface area contributed by atoms with Crippen molar-refractivity contribution in [3.8, 4) is 11.5 Å². The highest BCUT2D eigenvalue weighted by Gasteiger charge is 2.41. The van der Waals surface area contributed by atoms with Crippen LogP contribution in [0.15, 0.2) is 78.9 Å². The zero-order chi connectivity index (χ0) is 22.6. The van der Waals surface area contributed by atoms with E-state index in [4.69, 9.17) is 9.47 Å². The van der Waals surface area contributed by atoms with Crippen molar-refractivity contribution in [3.05, 3.63) is 95.6 Å². The van der Waals surface area contributed by atoms with Gasteiger partial charge in [-0.05, 0) is 61.6 Å². The predicted octanol–water partition coefficient (Wildman–Crippen LogP) is 7.16. The summed E-state index contributed by atoms with van der Waals surface area (Å²) in [5.74, 6) is -0.786. The molecule has 0 radical (unpaired) electrons. The Kier molecular flexibility index (Phi) is 6.21. The minimum atomic E-state index is -4.62. The Morgan fingerprint density at radius 3 is 2.06 bits per heavy atom. The summed E-state index contributed by atoms with van der Waals surface area (Å²) in [4.78, 5) is 12.6. The van der Waals surface area contributed by atoms with E-state index in [1.807, 2.05) is 30.3 Å². The summed E-state index contributed by atoms with van der Waals surface area (Å²) >= 11 is 0. The second-order valence-electron chi connectivity index (χ2n) is 7.93. The van der Waals surface area contributed by atoms with Crippen LogP contribution in [-0.4, -0.2) is 5.97 Å². The lowest BCUT2D eigenvalue weighted by Crippen LogP contribution is -2.36. The average Bonchev–Trinajstić information content (AvgIpc) is 2.80. The number of rotatable bonds is 5. The summed E-state index contributed by atoms with van der Waals surface area (Å²) < 4.78 is 52.9. The Morgan fingerprint density at radius 2 is 1.44 bits per heavy atom. The van der Waals surface area contributed by atoms with Gasteiger partial charge in [0.1, 0.15) is 17.1 Å². The van der Waals surface area contributed by atoms with Crippen LogP contribution in [0.3, 0.4) is 0 Å². The largest absolute Gasteiger partial charge is 0.482 e. The molecule has 6 heteroatoms. The molecule has 1 aliphatic rings. The molecule has 3 aromatic carbocycles. The highest BCUT2D eigenvalue weighted by molar-refractivity contribution is 5.91. The zero-order valence-electron chi connectivity index (χ0n) is 17.4. The number of carbonyl (C=O) groups excluding carboxylic acids is 1. The fourth-order valence-corrected chi connectivity index (χ4v) is 4.15. The number of para-hydroxylation sites is 1. The first-order valence-electron chi connectivity index (χ1n) is 10.6. The van der Waals surface area contributed by atoms with Gasteiger partial charge in [-0.3, -0.25) is 0 Å². The molecule has 0 amide bonds. The molecule has 4 rings (SSSR count). The van der Waals surface area contributed by atoms with E-state index in [0.717, 1.165) is 43.0 Å². The first-order chi connectivity index (χ1) is 15.4. The van der Waals surface area contributed by atoms with Crippen LogP contribution in [0.5, 0.6) is 11.5 Å². The van der Waals surface area contributed by atoms with Gasteiger partial charge in [-0.1, -0.05) is 55.0 Å². The summed E-state index contributed by atoms with van der Waals surface area (Å²) in [5, 5.41) is 0. The Balaban J connectivity index is 1.72. The Labute approximate surface area is 184 Å². The third kappa shape index (κ3) is 4.79. The number of halogens is 3. The number of ether oxygens (including phenoxy) is 2. The van der Waals surface area contributed by atoms with Crippen molar-refractivity contribution in [2.24, 2.45) is 0 Å². The maximum absolute atomic E-state index is 13.8. The molecule has 1 aliphatic carbocycles. The summed E-state index contributed by atoms with van der Waals surface area (Å²) in [5.41, 5.74) is -0.947. The average molecular weight is 440 g/mol. The molecule has 1 fully saturated rings. The number of alkyl halides is 3. The van der Waals surface area contributed by atoms with Crippen LogP contribution in [0.2, 0.25) is 0 Å². The van der Waals surface area contributed by atoms with E-state index in [2.05, 4.69) is 0 Å². The SMILES string of the molecule is O=C(Oc1ccccc1)c1ccc(C(F)(F)F)c(OC2(c3ccccc3)CCCCC2)c1. The Morgan fingerprint density at radius 1 is 0.812 bits per heavy atom. The number of carbonyl (C=O) groups is 1. The molecule has 0 aliphatic heterocycles. The van der Waals surface area contributed by atoms with E-state index in [9.17, 15) is 18.0 Å². The van der Waals surface area contributed by atoms with Crippen LogP contribution in [-0.2, 0) is 11.8 Å². The van der Waals surface area contributed by atoms with E-state index in [0.29, 0.717) is 18.6 Å². The third-order valence-corrected chi connectivity index (χ3v) is 5.74. The molecule has 0 bridgehead atoms. The Bertz CT molecular complexity index is 1060. The summed E-state index contributed by atoms with van der Waals surface area (Å²) in [6.07, 6.45) is -0.699. The first-order valence-corrected chi connectivity index (χ1v) is 10.6. The topological polar surface area (TPSA) is 35.5 Å². The van der Waals surface area contributed by atoms with E-state index >= 15 is 0 Å². The van der Waals surface area contributed by atoms with Crippen molar-refractivity contribution >= 4 is 5.97 Å². The van der Waals surface area contributed by atoms with Crippen molar-refractivity contribution in [1.82, 2.24) is 0 Å². The van der Waals surface area contributed by atoms with Gasteiger partial charge in [0, 0.05) is 0 Å². The molecule has 0 N–H and O–H groups in total. The predicted molar refractivity (Wildman–Crippen MR) is 115 cm³/mol. The molecular weight excluding hydrogens is 417 g/mol. The highest BCUT2D eigenvalue weighted by atomic mass is 19.4. The molecule has 0 unspecified atom stereocenters. The van der Waals surface area contributed by atoms with Crippen molar-refractivity contribution in [2.45, 2.75) is 43.9 Å². The number of esters is 1. The lowest BCUT2D eigenvalue weighted by atomic mass is 9.79. The molecular formula is C26H23F3O3. The van der Waals surface area contributed by atoms with Crippen LogP contribution in [0, 0.1) is 0 Å². The molecule has 166 valence electrons. The third-order valence-electron chi connectivity index (χ3n) is 5.74. The molecule has 1 saturated carbocycles. The molecule has 0 aromatic heterocycles. The molecule has 0 saturated heterocycles. The second-order valence-corrected chi connectivity index (χ2v) is 7.93. The fraction of sp³-hybridized carbons (Fsp3) is 0.269. The maximum Gasteiger partial charge on any atom is 0.419 e. The van der Waals surface area contributed by atoms with Gasteiger partial charge < -0.3 is 9.47 Å². The van der Waals surface area contributed by atoms with Crippen molar-refractivity contribution in [2.75, 3.05) is 0 Å². The first kappa shape index (κ1) is 21.9. The Hall–Kier alpha value is -3.28.